The highest BCUT2D eigenvalue weighted by Crippen LogP contribution is 2.29. The van der Waals surface area contributed by atoms with Gasteiger partial charge in [0, 0.05) is 32.7 Å². The first-order chi connectivity index (χ1) is 8.83. The maximum atomic E-state index is 2.60. The molecule has 1 saturated heterocycles. The van der Waals surface area contributed by atoms with E-state index >= 15 is 0 Å². The maximum Gasteiger partial charge on any atom is 0.0110 e. The lowest BCUT2D eigenvalue weighted by Gasteiger charge is -2.32. The van der Waals surface area contributed by atoms with E-state index < -0.39 is 0 Å². The molecule has 1 aliphatic heterocycles. The Morgan fingerprint density at radius 1 is 1.06 bits per heavy atom. The average molecular weight is 242 g/mol. The van der Waals surface area contributed by atoms with Gasteiger partial charge in [-0.1, -0.05) is 30.3 Å². The Bertz CT molecular complexity index is 442. The van der Waals surface area contributed by atoms with Crippen LogP contribution in [-0.4, -0.2) is 49.6 Å². The third kappa shape index (κ3) is 2.50. The molecule has 0 saturated carbocycles. The largest absolute Gasteiger partial charge is 0.304 e. The number of nitrogens with zero attached hydrogens (tertiary/aromatic N) is 2. The van der Waals surface area contributed by atoms with Crippen molar-refractivity contribution in [3.8, 4) is 0 Å². The van der Waals surface area contributed by atoms with Gasteiger partial charge < -0.3 is 9.80 Å². The van der Waals surface area contributed by atoms with E-state index in [9.17, 15) is 0 Å². The van der Waals surface area contributed by atoms with Gasteiger partial charge in [-0.15, -0.1) is 0 Å². The van der Waals surface area contributed by atoms with E-state index in [2.05, 4.69) is 47.2 Å². The lowest BCUT2D eigenvalue weighted by Crippen LogP contribution is -2.44. The second-order valence-electron chi connectivity index (χ2n) is 5.49. The van der Waals surface area contributed by atoms with Crippen LogP contribution in [0.3, 0.4) is 0 Å². The van der Waals surface area contributed by atoms with Crippen molar-refractivity contribution in [2.24, 2.45) is 0 Å². The molecular weight excluding hydrogens is 220 g/mol. The summed E-state index contributed by atoms with van der Waals surface area (Å²) in [6.07, 6.45) is 4.76. The number of benzene rings is 1. The Hall–Kier alpha value is -1.12. The van der Waals surface area contributed by atoms with Crippen LogP contribution in [0.15, 0.2) is 30.3 Å². The third-order valence-electron chi connectivity index (χ3n) is 4.22. The summed E-state index contributed by atoms with van der Waals surface area (Å²) in [5.41, 5.74) is 4.56. The van der Waals surface area contributed by atoms with Crippen molar-refractivity contribution in [1.29, 1.82) is 0 Å². The number of allylic oxidation sites excluding steroid dienone is 1. The highest BCUT2D eigenvalue weighted by molar-refractivity contribution is 5.72. The molecule has 1 aromatic carbocycles. The number of fused-ring (bicyclic) bond motifs is 1. The zero-order valence-corrected chi connectivity index (χ0v) is 11.2. The van der Waals surface area contributed by atoms with Crippen LogP contribution < -0.4 is 0 Å². The van der Waals surface area contributed by atoms with Gasteiger partial charge in [0.25, 0.3) is 0 Å². The van der Waals surface area contributed by atoms with Crippen LogP contribution in [0.2, 0.25) is 0 Å². The van der Waals surface area contributed by atoms with Crippen molar-refractivity contribution >= 4 is 5.57 Å². The van der Waals surface area contributed by atoms with E-state index in [0.717, 1.165) is 6.42 Å². The van der Waals surface area contributed by atoms with E-state index in [1.807, 2.05) is 0 Å². The SMILES string of the molecule is CN1CCN(CCC2=CCc3ccccc32)CC1. The van der Waals surface area contributed by atoms with Crippen LogP contribution in [0.4, 0.5) is 0 Å². The van der Waals surface area contributed by atoms with Crippen molar-refractivity contribution in [2.75, 3.05) is 39.8 Å². The standard InChI is InChI=1S/C16H22N2/c1-17-10-12-18(13-11-17)9-8-15-7-6-14-4-2-3-5-16(14)15/h2-5,7H,6,8-13H2,1H3. The lowest BCUT2D eigenvalue weighted by molar-refractivity contribution is 0.157. The molecule has 2 nitrogen and oxygen atoms in total. The second kappa shape index (κ2) is 5.25. The fourth-order valence-corrected chi connectivity index (χ4v) is 2.94. The predicted octanol–water partition coefficient (Wildman–Crippen LogP) is 2.26. The summed E-state index contributed by atoms with van der Waals surface area (Å²) in [5, 5.41) is 0. The molecular formula is C16H22N2. The molecule has 2 heteroatoms. The molecule has 0 amide bonds. The molecule has 1 heterocycles. The molecule has 3 rings (SSSR count). The molecule has 0 bridgehead atoms. The van der Waals surface area contributed by atoms with Crippen molar-refractivity contribution in [3.05, 3.63) is 41.5 Å². The minimum absolute atomic E-state index is 1.13. The van der Waals surface area contributed by atoms with Crippen LogP contribution in [-0.2, 0) is 6.42 Å². The Morgan fingerprint density at radius 2 is 1.83 bits per heavy atom. The van der Waals surface area contributed by atoms with E-state index in [4.69, 9.17) is 0 Å². The Kier molecular flexibility index (Phi) is 3.48. The Labute approximate surface area is 110 Å². The van der Waals surface area contributed by atoms with Gasteiger partial charge in [-0.25, -0.2) is 0 Å². The summed E-state index contributed by atoms with van der Waals surface area (Å²) in [5.74, 6) is 0. The second-order valence-corrected chi connectivity index (χ2v) is 5.49. The van der Waals surface area contributed by atoms with Gasteiger partial charge in [-0.05, 0) is 36.6 Å². The topological polar surface area (TPSA) is 6.48 Å². The van der Waals surface area contributed by atoms with E-state index in [0.29, 0.717) is 0 Å². The molecule has 0 radical (unpaired) electrons. The summed E-state index contributed by atoms with van der Waals surface area (Å²) < 4.78 is 0. The molecule has 1 aliphatic carbocycles. The van der Waals surface area contributed by atoms with Crippen molar-refractivity contribution in [2.45, 2.75) is 12.8 Å². The highest BCUT2D eigenvalue weighted by Gasteiger charge is 2.16. The van der Waals surface area contributed by atoms with Crippen LogP contribution >= 0.6 is 0 Å². The number of hydrogen-bond acceptors (Lipinski definition) is 2. The fourth-order valence-electron chi connectivity index (χ4n) is 2.94. The smallest absolute Gasteiger partial charge is 0.0110 e. The molecule has 0 spiro atoms. The molecule has 0 aromatic heterocycles. The summed E-state index contributed by atoms with van der Waals surface area (Å²) in [6, 6.07) is 8.84. The van der Waals surface area contributed by atoms with Gasteiger partial charge in [-0.2, -0.15) is 0 Å². The molecule has 18 heavy (non-hydrogen) atoms. The van der Waals surface area contributed by atoms with Gasteiger partial charge in [0.05, 0.1) is 0 Å². The first kappa shape index (κ1) is 11.9. The van der Waals surface area contributed by atoms with E-state index in [-0.39, 0.29) is 0 Å². The van der Waals surface area contributed by atoms with Crippen LogP contribution in [0, 0.1) is 0 Å². The molecule has 1 aromatic rings. The van der Waals surface area contributed by atoms with Gasteiger partial charge in [0.1, 0.15) is 0 Å². The number of rotatable bonds is 3. The first-order valence-corrected chi connectivity index (χ1v) is 7.01. The number of piperazine rings is 1. The fraction of sp³-hybridized carbons (Fsp3) is 0.500. The molecule has 1 fully saturated rings. The zero-order chi connectivity index (χ0) is 12.4. The molecule has 0 N–H and O–H groups in total. The Morgan fingerprint density at radius 3 is 2.67 bits per heavy atom. The third-order valence-corrected chi connectivity index (χ3v) is 4.22. The van der Waals surface area contributed by atoms with Crippen molar-refractivity contribution in [1.82, 2.24) is 9.80 Å². The summed E-state index contributed by atoms with van der Waals surface area (Å²) >= 11 is 0. The highest BCUT2D eigenvalue weighted by atomic mass is 15.2. The minimum atomic E-state index is 1.13. The Balaban J connectivity index is 1.56. The quantitative estimate of drug-likeness (QED) is 0.802. The zero-order valence-electron chi connectivity index (χ0n) is 11.2. The maximum absolute atomic E-state index is 2.60. The predicted molar refractivity (Wildman–Crippen MR) is 76.7 cm³/mol. The lowest BCUT2D eigenvalue weighted by atomic mass is 10.0. The summed E-state index contributed by atoms with van der Waals surface area (Å²) in [4.78, 5) is 5.02. The van der Waals surface area contributed by atoms with Crippen LogP contribution in [0.5, 0.6) is 0 Å². The van der Waals surface area contributed by atoms with Crippen molar-refractivity contribution < 1.29 is 0 Å². The molecule has 96 valence electrons. The number of hydrogen-bond donors (Lipinski definition) is 0. The van der Waals surface area contributed by atoms with Crippen molar-refractivity contribution in [3.63, 3.8) is 0 Å². The monoisotopic (exact) mass is 242 g/mol. The van der Waals surface area contributed by atoms with Gasteiger partial charge in [0.15, 0.2) is 0 Å². The van der Waals surface area contributed by atoms with Crippen LogP contribution in [0.25, 0.3) is 5.57 Å². The summed E-state index contributed by atoms with van der Waals surface area (Å²) in [7, 11) is 2.22. The summed E-state index contributed by atoms with van der Waals surface area (Å²) in [6.45, 7) is 6.11. The normalized spacial score (nSPS) is 20.8. The van der Waals surface area contributed by atoms with E-state index in [1.165, 1.54) is 50.3 Å². The van der Waals surface area contributed by atoms with Gasteiger partial charge >= 0.3 is 0 Å². The minimum Gasteiger partial charge on any atom is -0.304 e. The molecule has 0 unspecified atom stereocenters. The first-order valence-electron chi connectivity index (χ1n) is 7.01. The van der Waals surface area contributed by atoms with E-state index in [1.54, 1.807) is 5.57 Å². The average Bonchev–Trinajstić information content (AvgIpc) is 2.82. The van der Waals surface area contributed by atoms with Gasteiger partial charge in [-0.3, -0.25) is 0 Å². The molecule has 0 atom stereocenters. The molecule has 2 aliphatic rings. The van der Waals surface area contributed by atoms with Gasteiger partial charge in [0.2, 0.25) is 0 Å². The van der Waals surface area contributed by atoms with Crippen LogP contribution in [0.1, 0.15) is 17.5 Å². The number of likely N-dealkylation sites (N-methyl/N-ethyl adjacent to an activating group) is 1.